The topological polar surface area (TPSA) is 50.5 Å². The van der Waals surface area contributed by atoms with Gasteiger partial charge in [0.05, 0.1) is 17.7 Å². The monoisotopic (exact) mass is 337 g/mol. The molecule has 3 aromatic rings. The SMILES string of the molecule is O=C(c1ccc(C(=O)N2CCc3ccoc3C2)cc1)c1cccs1. The van der Waals surface area contributed by atoms with Crippen LogP contribution in [0.3, 0.4) is 0 Å². The van der Waals surface area contributed by atoms with Gasteiger partial charge in [0, 0.05) is 17.7 Å². The van der Waals surface area contributed by atoms with Crippen LogP contribution in [0.4, 0.5) is 0 Å². The molecule has 0 bridgehead atoms. The van der Waals surface area contributed by atoms with E-state index in [0.29, 0.717) is 29.1 Å². The van der Waals surface area contributed by atoms with E-state index in [4.69, 9.17) is 4.42 Å². The van der Waals surface area contributed by atoms with Crippen LogP contribution in [0.2, 0.25) is 0 Å². The molecule has 1 aliphatic rings. The number of carbonyl (C=O) groups is 2. The third-order valence-electron chi connectivity index (χ3n) is 4.25. The Morgan fingerprint density at radius 1 is 1.04 bits per heavy atom. The van der Waals surface area contributed by atoms with Gasteiger partial charge in [0.2, 0.25) is 5.78 Å². The van der Waals surface area contributed by atoms with Gasteiger partial charge < -0.3 is 9.32 Å². The van der Waals surface area contributed by atoms with Gasteiger partial charge in [0.15, 0.2) is 0 Å². The number of rotatable bonds is 3. The molecule has 0 unspecified atom stereocenters. The van der Waals surface area contributed by atoms with Crippen molar-refractivity contribution >= 4 is 23.0 Å². The molecule has 0 spiro atoms. The van der Waals surface area contributed by atoms with E-state index >= 15 is 0 Å². The summed E-state index contributed by atoms with van der Waals surface area (Å²) in [5.41, 5.74) is 2.37. The minimum atomic E-state index is -0.0350. The number of thiophene rings is 1. The van der Waals surface area contributed by atoms with E-state index in [1.165, 1.54) is 16.9 Å². The molecule has 0 radical (unpaired) electrons. The van der Waals surface area contributed by atoms with Gasteiger partial charge >= 0.3 is 0 Å². The lowest BCUT2D eigenvalue weighted by atomic mass is 10.0. The molecule has 24 heavy (non-hydrogen) atoms. The third kappa shape index (κ3) is 2.67. The second kappa shape index (κ2) is 6.09. The minimum absolute atomic E-state index is 0.0119. The Labute approximate surface area is 143 Å². The summed E-state index contributed by atoms with van der Waals surface area (Å²) >= 11 is 1.42. The van der Waals surface area contributed by atoms with Gasteiger partial charge in [-0.25, -0.2) is 0 Å². The van der Waals surface area contributed by atoms with Gasteiger partial charge in [-0.3, -0.25) is 9.59 Å². The third-order valence-corrected chi connectivity index (χ3v) is 5.12. The molecular formula is C19H15NO3S. The molecule has 0 saturated heterocycles. The molecule has 1 amide bonds. The molecule has 0 N–H and O–H groups in total. The second-order valence-electron chi connectivity index (χ2n) is 5.73. The molecule has 120 valence electrons. The average Bonchev–Trinajstić information content (AvgIpc) is 3.31. The minimum Gasteiger partial charge on any atom is -0.467 e. The van der Waals surface area contributed by atoms with E-state index in [1.54, 1.807) is 41.5 Å². The summed E-state index contributed by atoms with van der Waals surface area (Å²) in [6.45, 7) is 1.18. The predicted molar refractivity (Wildman–Crippen MR) is 91.3 cm³/mol. The number of benzene rings is 1. The molecule has 0 fully saturated rings. The summed E-state index contributed by atoms with van der Waals surface area (Å²) in [6, 6.07) is 12.5. The fraction of sp³-hybridized carbons (Fsp3) is 0.158. The lowest BCUT2D eigenvalue weighted by molar-refractivity contribution is 0.0719. The fourth-order valence-corrected chi connectivity index (χ4v) is 3.59. The van der Waals surface area contributed by atoms with Crippen molar-refractivity contribution in [2.24, 2.45) is 0 Å². The lowest BCUT2D eigenvalue weighted by Crippen LogP contribution is -2.35. The lowest BCUT2D eigenvalue weighted by Gasteiger charge is -2.26. The molecule has 0 saturated carbocycles. The number of nitrogens with zero attached hydrogens (tertiary/aromatic N) is 1. The molecule has 1 aromatic carbocycles. The number of amides is 1. The Bertz CT molecular complexity index is 878. The molecule has 1 aliphatic heterocycles. The van der Waals surface area contributed by atoms with E-state index in [1.807, 2.05) is 17.5 Å². The molecule has 0 aliphatic carbocycles. The van der Waals surface area contributed by atoms with E-state index in [0.717, 1.165) is 12.2 Å². The number of hydrogen-bond acceptors (Lipinski definition) is 4. The van der Waals surface area contributed by atoms with Gasteiger partial charge in [-0.05, 0) is 41.6 Å². The van der Waals surface area contributed by atoms with Gasteiger partial charge in [-0.15, -0.1) is 11.3 Å². The fourth-order valence-electron chi connectivity index (χ4n) is 2.91. The summed E-state index contributed by atoms with van der Waals surface area (Å²) in [6.07, 6.45) is 2.48. The van der Waals surface area contributed by atoms with Crippen LogP contribution in [-0.2, 0) is 13.0 Å². The standard InChI is InChI=1S/C19H15NO3S/c21-18(17-2-1-11-24-17)14-3-5-15(6-4-14)19(22)20-9-7-13-8-10-23-16(13)12-20/h1-6,8,10-11H,7,9,12H2. The van der Waals surface area contributed by atoms with E-state index in [-0.39, 0.29) is 11.7 Å². The number of ketones is 1. The van der Waals surface area contributed by atoms with E-state index < -0.39 is 0 Å². The van der Waals surface area contributed by atoms with Crippen molar-refractivity contribution in [2.45, 2.75) is 13.0 Å². The number of fused-ring (bicyclic) bond motifs is 1. The van der Waals surface area contributed by atoms with Crippen LogP contribution in [0.15, 0.2) is 58.5 Å². The van der Waals surface area contributed by atoms with Gasteiger partial charge in [0.25, 0.3) is 5.91 Å². The highest BCUT2D eigenvalue weighted by Gasteiger charge is 2.23. The van der Waals surface area contributed by atoms with E-state index in [9.17, 15) is 9.59 Å². The van der Waals surface area contributed by atoms with Crippen LogP contribution in [0.5, 0.6) is 0 Å². The summed E-state index contributed by atoms with van der Waals surface area (Å²) < 4.78 is 5.43. The summed E-state index contributed by atoms with van der Waals surface area (Å²) in [5, 5.41) is 1.88. The Morgan fingerprint density at radius 2 is 1.83 bits per heavy atom. The van der Waals surface area contributed by atoms with Crippen LogP contribution in [0.25, 0.3) is 0 Å². The first-order valence-corrected chi connectivity index (χ1v) is 8.63. The van der Waals surface area contributed by atoms with E-state index in [2.05, 4.69) is 0 Å². The van der Waals surface area contributed by atoms with Crippen molar-refractivity contribution < 1.29 is 14.0 Å². The Kier molecular flexibility index (Phi) is 3.78. The second-order valence-corrected chi connectivity index (χ2v) is 6.68. The maximum absolute atomic E-state index is 12.6. The number of furan rings is 1. The smallest absolute Gasteiger partial charge is 0.254 e. The first-order valence-electron chi connectivity index (χ1n) is 7.75. The van der Waals surface area contributed by atoms with Crippen molar-refractivity contribution in [1.82, 2.24) is 4.90 Å². The largest absolute Gasteiger partial charge is 0.467 e. The van der Waals surface area contributed by atoms with Crippen molar-refractivity contribution in [3.05, 3.63) is 81.4 Å². The quantitative estimate of drug-likeness (QED) is 0.684. The average molecular weight is 337 g/mol. The molecule has 4 nitrogen and oxygen atoms in total. The van der Waals surface area contributed by atoms with Crippen molar-refractivity contribution in [3.63, 3.8) is 0 Å². The Balaban J connectivity index is 1.51. The Hall–Kier alpha value is -2.66. The van der Waals surface area contributed by atoms with Gasteiger partial charge in [-0.1, -0.05) is 18.2 Å². The van der Waals surface area contributed by atoms with Crippen LogP contribution < -0.4 is 0 Å². The highest BCUT2D eigenvalue weighted by atomic mass is 32.1. The number of hydrogen-bond donors (Lipinski definition) is 0. The van der Waals surface area contributed by atoms with Crippen molar-refractivity contribution in [1.29, 1.82) is 0 Å². The van der Waals surface area contributed by atoms with Crippen LogP contribution in [0, 0.1) is 0 Å². The maximum Gasteiger partial charge on any atom is 0.254 e. The van der Waals surface area contributed by atoms with Crippen molar-refractivity contribution in [2.75, 3.05) is 6.54 Å². The van der Waals surface area contributed by atoms with Crippen LogP contribution in [0.1, 0.15) is 36.9 Å². The van der Waals surface area contributed by atoms with Crippen molar-refractivity contribution in [3.8, 4) is 0 Å². The molecule has 5 heteroatoms. The zero-order chi connectivity index (χ0) is 16.5. The highest BCUT2D eigenvalue weighted by Crippen LogP contribution is 2.22. The first kappa shape index (κ1) is 14.9. The highest BCUT2D eigenvalue weighted by molar-refractivity contribution is 7.12. The number of carbonyl (C=O) groups excluding carboxylic acids is 2. The molecule has 0 atom stereocenters. The summed E-state index contributed by atoms with van der Waals surface area (Å²) in [5.74, 6) is 0.813. The van der Waals surface area contributed by atoms with Crippen LogP contribution in [-0.4, -0.2) is 23.1 Å². The normalized spacial score (nSPS) is 13.6. The zero-order valence-corrected chi connectivity index (χ0v) is 13.7. The van der Waals surface area contributed by atoms with Crippen LogP contribution >= 0.6 is 11.3 Å². The molecule has 3 heterocycles. The Morgan fingerprint density at radius 3 is 2.58 bits per heavy atom. The van der Waals surface area contributed by atoms with Gasteiger partial charge in [0.1, 0.15) is 5.76 Å². The first-order chi connectivity index (χ1) is 11.7. The zero-order valence-electron chi connectivity index (χ0n) is 12.9. The molecular weight excluding hydrogens is 322 g/mol. The predicted octanol–water partition coefficient (Wildman–Crippen LogP) is 3.77. The molecule has 2 aromatic heterocycles. The summed E-state index contributed by atoms with van der Waals surface area (Å²) in [4.78, 5) is 27.4. The molecule has 4 rings (SSSR count). The van der Waals surface area contributed by atoms with Gasteiger partial charge in [-0.2, -0.15) is 0 Å². The summed E-state index contributed by atoms with van der Waals surface area (Å²) in [7, 11) is 0. The maximum atomic E-state index is 12.6.